The third-order valence-corrected chi connectivity index (χ3v) is 1.69. The fraction of sp³-hybridized carbons (Fsp3) is 0.333. The summed E-state index contributed by atoms with van der Waals surface area (Å²) in [5, 5.41) is 9.23. The Kier molecular flexibility index (Phi) is 3.33. The first-order valence-corrected chi connectivity index (χ1v) is 4.27. The molecule has 6 heteroatoms. The molecule has 15 heavy (non-hydrogen) atoms. The molecule has 0 aliphatic rings. The molecular weight excluding hydrogens is 202 g/mol. The van der Waals surface area contributed by atoms with Gasteiger partial charge in [0.1, 0.15) is 0 Å². The van der Waals surface area contributed by atoms with Gasteiger partial charge in [0, 0.05) is 12.1 Å². The highest BCUT2D eigenvalue weighted by Crippen LogP contribution is 2.10. The number of esters is 1. The van der Waals surface area contributed by atoms with Gasteiger partial charge in [-0.1, -0.05) is 0 Å². The number of carbonyl (C=O) groups excluding carboxylic acids is 1. The Balaban J connectivity index is 3.23. The highest BCUT2D eigenvalue weighted by atomic mass is 16.6. The van der Waals surface area contributed by atoms with Crippen LogP contribution in [0.15, 0.2) is 16.9 Å². The summed E-state index contributed by atoms with van der Waals surface area (Å²) in [5.41, 5.74) is -0.711. The van der Waals surface area contributed by atoms with E-state index in [1.54, 1.807) is 6.92 Å². The summed E-state index contributed by atoms with van der Waals surface area (Å²) < 4.78 is 9.73. The van der Waals surface area contributed by atoms with Gasteiger partial charge >= 0.3 is 5.97 Å². The second-order valence-electron chi connectivity index (χ2n) is 2.66. The molecule has 0 spiro atoms. The van der Waals surface area contributed by atoms with Crippen molar-refractivity contribution < 1.29 is 19.5 Å². The fourth-order valence-electron chi connectivity index (χ4n) is 1.03. The molecule has 6 nitrogen and oxygen atoms in total. The molecule has 0 fully saturated rings. The topological polar surface area (TPSA) is 77.8 Å². The van der Waals surface area contributed by atoms with Crippen molar-refractivity contribution in [1.29, 1.82) is 0 Å². The van der Waals surface area contributed by atoms with Crippen molar-refractivity contribution in [2.24, 2.45) is 0 Å². The first-order valence-electron chi connectivity index (χ1n) is 4.27. The van der Waals surface area contributed by atoms with Gasteiger partial charge in [0.2, 0.25) is 5.88 Å². The number of hydrogen-bond donors (Lipinski definition) is 1. The van der Waals surface area contributed by atoms with Crippen LogP contribution < -0.4 is 10.3 Å². The zero-order valence-corrected chi connectivity index (χ0v) is 8.39. The van der Waals surface area contributed by atoms with Crippen molar-refractivity contribution in [2.75, 3.05) is 13.7 Å². The lowest BCUT2D eigenvalue weighted by Crippen LogP contribution is -2.21. The van der Waals surface area contributed by atoms with E-state index >= 15 is 0 Å². The molecule has 1 aromatic rings. The maximum atomic E-state index is 11.2. The van der Waals surface area contributed by atoms with Crippen molar-refractivity contribution in [3.05, 3.63) is 28.0 Å². The minimum absolute atomic E-state index is 0.0382. The van der Waals surface area contributed by atoms with Crippen LogP contribution in [-0.4, -0.2) is 29.6 Å². The quantitative estimate of drug-likeness (QED) is 0.576. The predicted octanol–water partition coefficient (Wildman–Crippen LogP) is 0.271. The van der Waals surface area contributed by atoms with Crippen molar-refractivity contribution in [3.63, 3.8) is 0 Å². The Bertz CT molecular complexity index is 423. The Morgan fingerprint density at radius 1 is 1.53 bits per heavy atom. The largest absolute Gasteiger partial charge is 0.477 e. The van der Waals surface area contributed by atoms with E-state index in [0.717, 1.165) is 6.07 Å². The van der Waals surface area contributed by atoms with Crippen LogP contribution in [0.3, 0.4) is 0 Å². The molecule has 1 N–H and O–H groups in total. The molecule has 1 heterocycles. The average molecular weight is 213 g/mol. The molecule has 0 amide bonds. The van der Waals surface area contributed by atoms with Crippen LogP contribution in [0.2, 0.25) is 0 Å². The highest BCUT2D eigenvalue weighted by Gasteiger charge is 2.12. The maximum Gasteiger partial charge on any atom is 0.338 e. The summed E-state index contributed by atoms with van der Waals surface area (Å²) in [5.74, 6) is -0.751. The lowest BCUT2D eigenvalue weighted by atomic mass is 10.2. The standard InChI is InChI=1S/C9H11NO5/c1-3-15-8-5-6(9(12)14-2)4-7(11)10(8)13/h4-5,13H,3H2,1-2H3. The van der Waals surface area contributed by atoms with E-state index in [2.05, 4.69) is 4.74 Å². The van der Waals surface area contributed by atoms with Gasteiger partial charge in [0.15, 0.2) is 0 Å². The maximum absolute atomic E-state index is 11.2. The number of aromatic nitrogens is 1. The van der Waals surface area contributed by atoms with E-state index in [1.807, 2.05) is 0 Å². The second-order valence-corrected chi connectivity index (χ2v) is 2.66. The zero-order valence-electron chi connectivity index (χ0n) is 8.39. The molecule has 0 aromatic carbocycles. The number of rotatable bonds is 3. The third-order valence-electron chi connectivity index (χ3n) is 1.69. The lowest BCUT2D eigenvalue weighted by molar-refractivity contribution is 0.0597. The van der Waals surface area contributed by atoms with Gasteiger partial charge in [0.25, 0.3) is 5.56 Å². The van der Waals surface area contributed by atoms with Crippen molar-refractivity contribution in [3.8, 4) is 5.88 Å². The van der Waals surface area contributed by atoms with Crippen LogP contribution in [0, 0.1) is 0 Å². The first kappa shape index (κ1) is 11.1. The van der Waals surface area contributed by atoms with Crippen LogP contribution in [0.1, 0.15) is 17.3 Å². The molecule has 0 saturated heterocycles. The van der Waals surface area contributed by atoms with E-state index in [4.69, 9.17) is 4.74 Å². The van der Waals surface area contributed by atoms with Crippen molar-refractivity contribution in [1.82, 2.24) is 4.73 Å². The molecule has 1 aromatic heterocycles. The van der Waals surface area contributed by atoms with Gasteiger partial charge in [0.05, 0.1) is 19.3 Å². The third kappa shape index (κ3) is 2.28. The summed E-state index contributed by atoms with van der Waals surface area (Å²) in [7, 11) is 1.20. The normalized spacial score (nSPS) is 9.73. The van der Waals surface area contributed by atoms with Crippen LogP contribution in [0.5, 0.6) is 5.88 Å². The molecule has 0 unspecified atom stereocenters. The minimum Gasteiger partial charge on any atom is -0.477 e. The summed E-state index contributed by atoms with van der Waals surface area (Å²) >= 11 is 0. The van der Waals surface area contributed by atoms with Gasteiger partial charge in [-0.2, -0.15) is 0 Å². The Morgan fingerprint density at radius 3 is 2.73 bits per heavy atom. The lowest BCUT2D eigenvalue weighted by Gasteiger charge is -2.07. The smallest absolute Gasteiger partial charge is 0.338 e. The number of nitrogens with zero attached hydrogens (tertiary/aromatic N) is 1. The number of carbonyl (C=O) groups is 1. The molecule has 0 saturated carbocycles. The molecule has 1 rings (SSSR count). The monoisotopic (exact) mass is 213 g/mol. The minimum atomic E-state index is -0.749. The molecule has 0 atom stereocenters. The highest BCUT2D eigenvalue weighted by molar-refractivity contribution is 5.89. The van der Waals surface area contributed by atoms with Crippen LogP contribution >= 0.6 is 0 Å². The van der Waals surface area contributed by atoms with Crippen LogP contribution in [-0.2, 0) is 4.74 Å². The van der Waals surface area contributed by atoms with Gasteiger partial charge in [-0.3, -0.25) is 4.79 Å². The number of methoxy groups -OCH3 is 1. The Labute approximate surface area is 85.6 Å². The molecular formula is C9H11NO5. The van der Waals surface area contributed by atoms with Gasteiger partial charge in [-0.05, 0) is 6.92 Å². The fourth-order valence-corrected chi connectivity index (χ4v) is 1.03. The summed E-state index contributed by atoms with van der Waals surface area (Å²) in [4.78, 5) is 22.3. The average Bonchev–Trinajstić information content (AvgIpc) is 2.23. The van der Waals surface area contributed by atoms with Gasteiger partial charge < -0.3 is 14.7 Å². The van der Waals surface area contributed by atoms with E-state index < -0.39 is 11.5 Å². The second kappa shape index (κ2) is 4.50. The van der Waals surface area contributed by atoms with E-state index in [-0.39, 0.29) is 18.1 Å². The van der Waals surface area contributed by atoms with E-state index in [0.29, 0.717) is 4.73 Å². The summed E-state index contributed by atoms with van der Waals surface area (Å²) in [6, 6.07) is 2.20. The first-order chi connectivity index (χ1) is 7.10. The number of pyridine rings is 1. The summed E-state index contributed by atoms with van der Waals surface area (Å²) in [6.45, 7) is 1.96. The molecule has 82 valence electrons. The predicted molar refractivity (Wildman–Crippen MR) is 50.4 cm³/mol. The van der Waals surface area contributed by atoms with Crippen LogP contribution in [0.4, 0.5) is 0 Å². The number of hydrogen-bond acceptors (Lipinski definition) is 5. The molecule has 0 aliphatic carbocycles. The Morgan fingerprint density at radius 2 is 2.20 bits per heavy atom. The van der Waals surface area contributed by atoms with Crippen LogP contribution in [0.25, 0.3) is 0 Å². The summed E-state index contributed by atoms with van der Waals surface area (Å²) in [6.07, 6.45) is 0. The van der Waals surface area contributed by atoms with Crippen molar-refractivity contribution in [2.45, 2.75) is 6.92 Å². The van der Waals surface area contributed by atoms with Crippen molar-refractivity contribution >= 4 is 5.97 Å². The van der Waals surface area contributed by atoms with Gasteiger partial charge in [-0.15, -0.1) is 4.73 Å². The van der Waals surface area contributed by atoms with E-state index in [1.165, 1.54) is 13.2 Å². The molecule has 0 radical (unpaired) electrons. The number of ether oxygens (including phenoxy) is 2. The van der Waals surface area contributed by atoms with E-state index in [9.17, 15) is 14.8 Å². The Hall–Kier alpha value is -1.98. The molecule has 0 aliphatic heterocycles. The molecule has 0 bridgehead atoms. The SMILES string of the molecule is CCOc1cc(C(=O)OC)cc(=O)n1O. The zero-order chi connectivity index (χ0) is 11.4. The van der Waals surface area contributed by atoms with Gasteiger partial charge in [-0.25, -0.2) is 4.79 Å².